The average molecular weight is 493 g/mol. The number of carbonyl (C=O) groups is 1. The smallest absolute Gasteiger partial charge is 0.249 e. The molecular weight excluding hydrogens is 474 g/mol. The van der Waals surface area contributed by atoms with Crippen LogP contribution in [0, 0.1) is 11.6 Å². The molecule has 0 bridgehead atoms. The van der Waals surface area contributed by atoms with Crippen molar-refractivity contribution < 1.29 is 32.9 Å². The highest BCUT2D eigenvalue weighted by molar-refractivity contribution is 6.31. The SMILES string of the molecule is NC(=O)[C@@H]1O[C@@H]2CO[C@H](c3ccccc3)O[C@@H]2[C@H](n2cc(-c3cc(F)c(Cl)c(F)c3)nn2)[C@H]1O. The number of aromatic nitrogens is 3. The Morgan fingerprint density at radius 2 is 1.88 bits per heavy atom. The lowest BCUT2D eigenvalue weighted by molar-refractivity contribution is -0.312. The number of amides is 1. The second-order valence-electron chi connectivity index (χ2n) is 7.99. The van der Waals surface area contributed by atoms with Gasteiger partial charge >= 0.3 is 0 Å². The maximum atomic E-state index is 13.9. The van der Waals surface area contributed by atoms with Crippen LogP contribution in [0.1, 0.15) is 17.9 Å². The quantitative estimate of drug-likeness (QED) is 0.535. The number of nitrogens with two attached hydrogens (primary N) is 1. The van der Waals surface area contributed by atoms with Gasteiger partial charge < -0.3 is 25.1 Å². The fraction of sp³-hybridized carbons (Fsp3) is 0.318. The van der Waals surface area contributed by atoms with Gasteiger partial charge in [-0.05, 0) is 12.1 Å². The number of aliphatic hydroxyl groups is 1. The third-order valence-corrected chi connectivity index (χ3v) is 6.19. The summed E-state index contributed by atoms with van der Waals surface area (Å²) >= 11 is 5.56. The van der Waals surface area contributed by atoms with Crippen molar-refractivity contribution in [3.8, 4) is 11.3 Å². The van der Waals surface area contributed by atoms with Crippen LogP contribution in [0.3, 0.4) is 0 Å². The number of aliphatic hydroxyl groups excluding tert-OH is 1. The molecule has 9 nitrogen and oxygen atoms in total. The van der Waals surface area contributed by atoms with Crippen molar-refractivity contribution in [2.24, 2.45) is 5.73 Å². The molecule has 0 saturated carbocycles. The third kappa shape index (κ3) is 4.05. The molecule has 2 aliphatic heterocycles. The van der Waals surface area contributed by atoms with Gasteiger partial charge in [-0.1, -0.05) is 47.1 Å². The van der Waals surface area contributed by atoms with Gasteiger partial charge in [0.2, 0.25) is 5.91 Å². The second-order valence-corrected chi connectivity index (χ2v) is 8.37. The number of carbonyl (C=O) groups excluding carboxylic acids is 1. The van der Waals surface area contributed by atoms with E-state index >= 15 is 0 Å². The van der Waals surface area contributed by atoms with E-state index in [4.69, 9.17) is 31.5 Å². The third-order valence-electron chi connectivity index (χ3n) is 5.82. The van der Waals surface area contributed by atoms with Crippen molar-refractivity contribution in [2.75, 3.05) is 6.61 Å². The number of benzene rings is 2. The van der Waals surface area contributed by atoms with E-state index in [1.807, 2.05) is 30.3 Å². The first-order valence-electron chi connectivity index (χ1n) is 10.3. The zero-order valence-corrected chi connectivity index (χ0v) is 18.2. The zero-order valence-electron chi connectivity index (χ0n) is 17.4. The van der Waals surface area contributed by atoms with E-state index in [9.17, 15) is 18.7 Å². The molecule has 178 valence electrons. The van der Waals surface area contributed by atoms with E-state index in [1.54, 1.807) is 0 Å². The van der Waals surface area contributed by atoms with Crippen LogP contribution in [0.2, 0.25) is 5.02 Å². The zero-order chi connectivity index (χ0) is 24.0. The molecule has 1 amide bonds. The molecule has 3 heterocycles. The molecule has 12 heteroatoms. The van der Waals surface area contributed by atoms with Crippen LogP contribution < -0.4 is 5.73 Å². The number of hydrogen-bond acceptors (Lipinski definition) is 7. The molecule has 3 N–H and O–H groups in total. The van der Waals surface area contributed by atoms with Gasteiger partial charge in [0.1, 0.15) is 46.7 Å². The van der Waals surface area contributed by atoms with Gasteiger partial charge in [-0.2, -0.15) is 0 Å². The van der Waals surface area contributed by atoms with Crippen LogP contribution >= 0.6 is 11.6 Å². The summed E-state index contributed by atoms with van der Waals surface area (Å²) in [5.74, 6) is -2.78. The van der Waals surface area contributed by atoms with Gasteiger partial charge in [-0.3, -0.25) is 4.79 Å². The number of ether oxygens (including phenoxy) is 3. The van der Waals surface area contributed by atoms with Crippen LogP contribution in [0.5, 0.6) is 0 Å². The number of halogens is 3. The normalized spacial score (nSPS) is 28.9. The Bertz CT molecular complexity index is 1190. The Kier molecular flexibility index (Phi) is 6.04. The molecule has 2 fully saturated rings. The van der Waals surface area contributed by atoms with E-state index in [-0.39, 0.29) is 17.9 Å². The van der Waals surface area contributed by atoms with Crippen molar-refractivity contribution in [2.45, 2.75) is 36.7 Å². The van der Waals surface area contributed by atoms with Crippen LogP contribution in [0.4, 0.5) is 8.78 Å². The Balaban J connectivity index is 1.50. The molecule has 34 heavy (non-hydrogen) atoms. The Hall–Kier alpha value is -2.96. The van der Waals surface area contributed by atoms with Gasteiger partial charge in [0.05, 0.1) is 12.8 Å². The van der Waals surface area contributed by atoms with E-state index in [0.717, 1.165) is 17.7 Å². The maximum Gasteiger partial charge on any atom is 0.249 e. The predicted molar refractivity (Wildman–Crippen MR) is 113 cm³/mol. The topological polar surface area (TPSA) is 122 Å². The van der Waals surface area contributed by atoms with Gasteiger partial charge in [-0.25, -0.2) is 13.5 Å². The number of primary amides is 1. The summed E-state index contributed by atoms with van der Waals surface area (Å²) in [6, 6.07) is 10.2. The van der Waals surface area contributed by atoms with Gasteiger partial charge in [-0.15, -0.1) is 5.10 Å². The fourth-order valence-corrected chi connectivity index (χ4v) is 4.30. The summed E-state index contributed by atoms with van der Waals surface area (Å²) in [6.07, 6.45) is -3.73. The first-order valence-corrected chi connectivity index (χ1v) is 10.7. The summed E-state index contributed by atoms with van der Waals surface area (Å²) in [5, 5.41) is 18.4. The standard InChI is InChI=1S/C22H19ClF2N4O5/c23-16-12(24)6-11(7-13(16)25)14-8-29(28-27-14)17-18(30)20(21(26)31)33-15-9-32-22(34-19(15)17)10-4-2-1-3-5-10/h1-8,15,17-20,22,30H,9H2,(H2,26,31)/t15-,17-,18-,19+,20-,22+/m1/s1. The average Bonchev–Trinajstić information content (AvgIpc) is 3.31. The molecule has 2 aliphatic rings. The van der Waals surface area contributed by atoms with Crippen LogP contribution in [-0.4, -0.2) is 57.0 Å². The lowest BCUT2D eigenvalue weighted by atomic mass is 9.91. The largest absolute Gasteiger partial charge is 0.387 e. The Morgan fingerprint density at radius 3 is 2.56 bits per heavy atom. The monoisotopic (exact) mass is 492 g/mol. The molecule has 0 spiro atoms. The van der Waals surface area contributed by atoms with Crippen molar-refractivity contribution in [3.63, 3.8) is 0 Å². The summed E-state index contributed by atoms with van der Waals surface area (Å²) in [4.78, 5) is 11.9. The minimum absolute atomic E-state index is 0.0619. The molecule has 5 rings (SSSR count). The summed E-state index contributed by atoms with van der Waals surface area (Å²) in [7, 11) is 0. The first-order chi connectivity index (χ1) is 16.3. The van der Waals surface area contributed by atoms with E-state index in [1.165, 1.54) is 10.9 Å². The number of hydrogen-bond donors (Lipinski definition) is 2. The highest BCUT2D eigenvalue weighted by Gasteiger charge is 2.52. The lowest BCUT2D eigenvalue weighted by Gasteiger charge is -2.47. The van der Waals surface area contributed by atoms with Crippen molar-refractivity contribution in [3.05, 3.63) is 70.9 Å². The number of rotatable bonds is 4. The van der Waals surface area contributed by atoms with Gasteiger partial charge in [0.25, 0.3) is 0 Å². The first kappa shape index (κ1) is 22.8. The minimum Gasteiger partial charge on any atom is -0.387 e. The molecular formula is C22H19ClF2N4O5. The molecule has 1 aromatic heterocycles. The molecule has 6 atom stereocenters. The molecule has 0 aliphatic carbocycles. The maximum absolute atomic E-state index is 13.9. The molecule has 0 unspecified atom stereocenters. The summed E-state index contributed by atoms with van der Waals surface area (Å²) in [6.45, 7) is 0.0619. The highest BCUT2D eigenvalue weighted by Crippen LogP contribution is 2.39. The molecule has 3 aromatic rings. The van der Waals surface area contributed by atoms with E-state index < -0.39 is 59.3 Å². The molecule has 2 saturated heterocycles. The molecule has 0 radical (unpaired) electrons. The summed E-state index contributed by atoms with van der Waals surface area (Å²) < 4.78 is 46.7. The lowest BCUT2D eigenvalue weighted by Crippen LogP contribution is -2.62. The number of nitrogens with zero attached hydrogens (tertiary/aromatic N) is 3. The van der Waals surface area contributed by atoms with Crippen molar-refractivity contribution in [1.82, 2.24) is 15.0 Å². The summed E-state index contributed by atoms with van der Waals surface area (Å²) in [5.41, 5.74) is 6.39. The van der Waals surface area contributed by atoms with Crippen molar-refractivity contribution >= 4 is 17.5 Å². The Labute approximate surface area is 197 Å². The highest BCUT2D eigenvalue weighted by atomic mass is 35.5. The molecule has 2 aromatic carbocycles. The van der Waals surface area contributed by atoms with Crippen LogP contribution in [-0.2, 0) is 19.0 Å². The van der Waals surface area contributed by atoms with Crippen molar-refractivity contribution in [1.29, 1.82) is 0 Å². The number of fused-ring (bicyclic) bond motifs is 1. The van der Waals surface area contributed by atoms with Crippen LogP contribution in [0.15, 0.2) is 48.7 Å². The Morgan fingerprint density at radius 1 is 1.18 bits per heavy atom. The van der Waals surface area contributed by atoms with Crippen LogP contribution in [0.25, 0.3) is 11.3 Å². The predicted octanol–water partition coefficient (Wildman–Crippen LogP) is 2.15. The van der Waals surface area contributed by atoms with E-state index in [2.05, 4.69) is 10.3 Å². The van der Waals surface area contributed by atoms with E-state index in [0.29, 0.717) is 0 Å². The van der Waals surface area contributed by atoms with Gasteiger partial charge in [0, 0.05) is 11.1 Å². The minimum atomic E-state index is -1.44. The fourth-order valence-electron chi connectivity index (χ4n) is 4.19. The van der Waals surface area contributed by atoms with Gasteiger partial charge in [0.15, 0.2) is 12.4 Å². The second kappa shape index (κ2) is 9.01.